The third-order valence-electron chi connectivity index (χ3n) is 27.9. The van der Waals surface area contributed by atoms with Crippen molar-refractivity contribution < 1.29 is 31.9 Å². The average Bonchev–Trinajstić information content (AvgIpc) is 1.71. The van der Waals surface area contributed by atoms with Gasteiger partial charge in [-0.3, -0.25) is 0 Å². The summed E-state index contributed by atoms with van der Waals surface area (Å²) in [4.78, 5) is 13.6. The molecule has 142 heavy (non-hydrogen) atoms. The molecule has 13 heteroatoms. The van der Waals surface area contributed by atoms with Gasteiger partial charge in [0, 0.05) is 142 Å². The second kappa shape index (κ2) is 33.8. The first-order valence-corrected chi connectivity index (χ1v) is 47.9. The summed E-state index contributed by atoms with van der Waals surface area (Å²) in [5.74, 6) is 4.72. The van der Waals surface area contributed by atoms with E-state index in [0.717, 1.165) is 225 Å². The minimum atomic E-state index is -0.103. The predicted octanol–water partition coefficient (Wildman–Crippen LogP) is 37.8. The zero-order chi connectivity index (χ0) is 94.0. The van der Waals surface area contributed by atoms with Gasteiger partial charge in [0.1, 0.15) is 44.7 Å². The Morgan fingerprint density at radius 3 is 0.852 bits per heavy atom. The van der Waals surface area contributed by atoms with E-state index in [0.29, 0.717) is 0 Å². The highest BCUT2D eigenvalue weighted by molar-refractivity contribution is 6.11. The van der Waals surface area contributed by atoms with E-state index in [2.05, 4.69) is 395 Å². The van der Waals surface area contributed by atoms with Crippen molar-refractivity contribution in [3.8, 4) is 56.8 Å². The van der Waals surface area contributed by atoms with Gasteiger partial charge in [0.15, 0.2) is 34.5 Å². The molecule has 4 aromatic heterocycles. The number of rotatable bonds is 13. The van der Waals surface area contributed by atoms with Crippen LogP contribution in [0.2, 0.25) is 0 Å². The van der Waals surface area contributed by atoms with Crippen molar-refractivity contribution in [2.24, 2.45) is 0 Å². The van der Waals surface area contributed by atoms with Crippen molar-refractivity contribution in [1.29, 1.82) is 0 Å². The number of benzene rings is 21. The molecule has 0 unspecified atom stereocenters. The number of hydrogen-bond donors (Lipinski definition) is 0. The van der Waals surface area contributed by atoms with Crippen LogP contribution in [0.25, 0.3) is 110 Å². The van der Waals surface area contributed by atoms with Crippen LogP contribution in [0.3, 0.4) is 0 Å². The standard InChI is InChI=1S/C45H32N2O2.C42H26N2O3.C42H28N2O2/c1-45(2)37-16-8-6-14-33(37)34-23-20-30(26-38(34)45)46(29-12-4-3-5-13-29)31-22-25-40-44(28-31)49-42-19-11-9-17-39(42)47(40)32-21-24-36-35-15-7-10-18-41(35)48-43(36)27-32;1-2-10-27(11-3-1)43(28-18-21-33-31-12-4-7-15-37(31)45-40(33)24-28)29-20-23-36-42(26-29)47-39-17-9-6-14-35(39)44(36)30-19-22-34-32-13-5-8-16-38(32)46-41(34)25-30;1-3-11-29(12-4-1)30-19-21-32(22-20-30)43(31-13-5-2-6-14-31)33-24-26-38-42(28-33)46-40-18-10-8-16-37(40)44(38)34-23-25-36-35-15-7-9-17-39(35)45-41(36)27-34/h3-28H,1-2H3;1-26H;1-28H. The second-order valence-corrected chi connectivity index (χ2v) is 36.6. The first-order valence-electron chi connectivity index (χ1n) is 47.9. The summed E-state index contributed by atoms with van der Waals surface area (Å²) < 4.78 is 45.1. The van der Waals surface area contributed by atoms with Gasteiger partial charge in [0.25, 0.3) is 0 Å². The normalized spacial score (nSPS) is 12.8. The molecule has 25 aromatic rings. The Morgan fingerprint density at radius 2 is 0.444 bits per heavy atom. The predicted molar refractivity (Wildman–Crippen MR) is 580 cm³/mol. The molecule has 0 saturated heterocycles. The van der Waals surface area contributed by atoms with Crippen LogP contribution in [0.15, 0.2) is 503 Å². The lowest BCUT2D eigenvalue weighted by Crippen LogP contribution is -2.18. The van der Waals surface area contributed by atoms with Gasteiger partial charge in [-0.25, -0.2) is 0 Å². The molecule has 0 saturated carbocycles. The van der Waals surface area contributed by atoms with Crippen molar-refractivity contribution in [3.05, 3.63) is 496 Å². The van der Waals surface area contributed by atoms with Gasteiger partial charge in [-0.05, 0) is 240 Å². The van der Waals surface area contributed by atoms with E-state index in [1.807, 2.05) is 133 Å². The number of para-hydroxylation sites is 13. The van der Waals surface area contributed by atoms with E-state index in [1.165, 1.54) is 33.4 Å². The molecule has 3 aliphatic heterocycles. The Labute approximate surface area is 818 Å². The number of fused-ring (bicyclic) bond motifs is 21. The molecule has 0 N–H and O–H groups in total. The van der Waals surface area contributed by atoms with Crippen LogP contribution in [0.4, 0.5) is 102 Å². The highest BCUT2D eigenvalue weighted by atomic mass is 16.5. The molecule has 4 aliphatic rings. The fraction of sp³-hybridized carbons (Fsp3) is 0.0233. The highest BCUT2D eigenvalue weighted by Gasteiger charge is 2.38. The molecule has 0 fully saturated rings. The fourth-order valence-corrected chi connectivity index (χ4v) is 21.2. The van der Waals surface area contributed by atoms with Crippen LogP contribution in [0.1, 0.15) is 25.0 Å². The van der Waals surface area contributed by atoms with Gasteiger partial charge in [-0.15, -0.1) is 0 Å². The van der Waals surface area contributed by atoms with Crippen LogP contribution in [-0.4, -0.2) is 0 Å². The molecule has 21 aromatic carbocycles. The van der Waals surface area contributed by atoms with Crippen LogP contribution < -0.4 is 43.6 Å². The molecule has 0 atom stereocenters. The molecule has 7 heterocycles. The van der Waals surface area contributed by atoms with E-state index in [4.69, 9.17) is 31.9 Å². The molecule has 0 bridgehead atoms. The summed E-state index contributed by atoms with van der Waals surface area (Å²) in [7, 11) is 0. The number of anilines is 18. The monoisotopic (exact) mass is 1830 g/mol. The lowest BCUT2D eigenvalue weighted by atomic mass is 9.82. The molecule has 0 amide bonds. The summed E-state index contributed by atoms with van der Waals surface area (Å²) in [6.07, 6.45) is 0. The Hall–Kier alpha value is -19.0. The number of ether oxygens (including phenoxy) is 3. The lowest BCUT2D eigenvalue weighted by molar-refractivity contribution is 0.477. The molecular formula is C129H86N6O7. The second-order valence-electron chi connectivity index (χ2n) is 36.6. The van der Waals surface area contributed by atoms with Gasteiger partial charge in [-0.2, -0.15) is 0 Å². The largest absolute Gasteiger partial charge is 0.456 e. The molecule has 0 radical (unpaired) electrons. The molecule has 29 rings (SSSR count). The maximum Gasteiger partial charge on any atom is 0.153 e. The van der Waals surface area contributed by atoms with Crippen LogP contribution in [0, 0.1) is 0 Å². The summed E-state index contributed by atoms with van der Waals surface area (Å²) in [5, 5.41) is 8.88. The van der Waals surface area contributed by atoms with E-state index >= 15 is 0 Å². The fourth-order valence-electron chi connectivity index (χ4n) is 21.2. The Morgan fingerprint density at radius 1 is 0.176 bits per heavy atom. The van der Waals surface area contributed by atoms with E-state index < -0.39 is 0 Å². The summed E-state index contributed by atoms with van der Waals surface area (Å²) in [5.41, 5.74) is 32.7. The maximum absolute atomic E-state index is 6.68. The van der Waals surface area contributed by atoms with Gasteiger partial charge < -0.3 is 61.3 Å². The number of nitrogens with zero attached hydrogens (tertiary/aromatic N) is 6. The zero-order valence-corrected chi connectivity index (χ0v) is 77.2. The van der Waals surface area contributed by atoms with Crippen molar-refractivity contribution in [2.75, 3.05) is 29.4 Å². The van der Waals surface area contributed by atoms with Gasteiger partial charge in [-0.1, -0.05) is 250 Å². The third kappa shape index (κ3) is 14.1. The third-order valence-corrected chi connectivity index (χ3v) is 27.9. The lowest BCUT2D eigenvalue weighted by Gasteiger charge is -2.34. The highest BCUT2D eigenvalue weighted by Crippen LogP contribution is 2.59. The molecule has 13 nitrogen and oxygen atoms in total. The van der Waals surface area contributed by atoms with Crippen LogP contribution in [-0.2, 0) is 5.41 Å². The van der Waals surface area contributed by atoms with Crippen LogP contribution >= 0.6 is 0 Å². The van der Waals surface area contributed by atoms with E-state index in [1.54, 1.807) is 0 Å². The number of furan rings is 4. The van der Waals surface area contributed by atoms with Crippen molar-refractivity contribution in [3.63, 3.8) is 0 Å². The van der Waals surface area contributed by atoms with Gasteiger partial charge in [0.2, 0.25) is 0 Å². The smallest absolute Gasteiger partial charge is 0.153 e. The first kappa shape index (κ1) is 82.5. The zero-order valence-electron chi connectivity index (χ0n) is 77.2. The topological polar surface area (TPSA) is 99.7 Å². The maximum atomic E-state index is 6.68. The van der Waals surface area contributed by atoms with E-state index in [9.17, 15) is 0 Å². The van der Waals surface area contributed by atoms with E-state index in [-0.39, 0.29) is 5.41 Å². The minimum Gasteiger partial charge on any atom is -0.456 e. The molecule has 674 valence electrons. The first-order chi connectivity index (χ1) is 70.1. The van der Waals surface area contributed by atoms with Crippen molar-refractivity contribution >= 4 is 190 Å². The molecular weight excluding hydrogens is 1750 g/mol. The van der Waals surface area contributed by atoms with Gasteiger partial charge in [0.05, 0.1) is 51.2 Å². The van der Waals surface area contributed by atoms with Gasteiger partial charge >= 0.3 is 0 Å². The number of hydrogen-bond acceptors (Lipinski definition) is 13. The quantitative estimate of drug-likeness (QED) is 0.110. The Balaban J connectivity index is 0.000000107. The summed E-state index contributed by atoms with van der Waals surface area (Å²) >= 11 is 0. The van der Waals surface area contributed by atoms with Crippen molar-refractivity contribution in [1.82, 2.24) is 0 Å². The summed E-state index contributed by atoms with van der Waals surface area (Å²) in [6, 6.07) is 169. The average molecular weight is 1830 g/mol. The summed E-state index contributed by atoms with van der Waals surface area (Å²) in [6.45, 7) is 4.66. The SMILES string of the molecule is CC1(C)c2ccccc2-c2ccc(N(c3ccccc3)c3ccc4c(c3)Oc3ccccc3N4c3ccc4c(c3)oc3ccccc34)cc21.c1ccc(-c2ccc(N(c3ccccc3)c3ccc4c(c3)Oc3ccccc3N4c3ccc4c(c3)oc3ccccc34)cc2)cc1.c1ccc(N(c2ccc3c(c2)Oc2ccccc2N3c2ccc3c(c2)oc2ccccc23)c2ccc3c(c2)oc2ccccc23)cc1. The molecule has 0 spiro atoms. The Kier molecular flexibility index (Phi) is 19.6. The Bertz CT molecular complexity index is 9250. The molecule has 1 aliphatic carbocycles. The minimum absolute atomic E-state index is 0.103. The van der Waals surface area contributed by atoms with Crippen LogP contribution in [0.5, 0.6) is 34.5 Å². The van der Waals surface area contributed by atoms with Crippen molar-refractivity contribution in [2.45, 2.75) is 19.3 Å².